The lowest BCUT2D eigenvalue weighted by molar-refractivity contribution is -0.384. The predicted octanol–water partition coefficient (Wildman–Crippen LogP) is 6.45. The number of benzene rings is 3. The number of halogens is 3. The lowest BCUT2D eigenvalue weighted by atomic mass is 10.0. The summed E-state index contributed by atoms with van der Waals surface area (Å²) in [5.41, 5.74) is 0.496. The Bertz CT molecular complexity index is 1220. The Labute approximate surface area is 189 Å². The maximum Gasteiger partial charge on any atom is 0.269 e. The first kappa shape index (κ1) is 23.8. The molecule has 0 aliphatic rings. The van der Waals surface area contributed by atoms with E-state index in [1.807, 2.05) is 0 Å². The van der Waals surface area contributed by atoms with Gasteiger partial charge in [0.05, 0.1) is 15.1 Å². The average molecular weight is 480 g/mol. The van der Waals surface area contributed by atoms with Crippen molar-refractivity contribution in [1.29, 1.82) is 0 Å². The minimum Gasteiger partial charge on any atom is -0.258 e. The molecule has 0 N–H and O–H groups in total. The molecule has 0 aliphatic heterocycles. The van der Waals surface area contributed by atoms with E-state index in [0.717, 1.165) is 23.8 Å². The number of unbranched alkanes of at least 4 members (excludes halogenated alkanes) is 1. The molecule has 32 heavy (non-hydrogen) atoms. The Morgan fingerprint density at radius 1 is 0.969 bits per heavy atom. The highest BCUT2D eigenvalue weighted by Crippen LogP contribution is 2.35. The van der Waals surface area contributed by atoms with Gasteiger partial charge in [-0.05, 0) is 67.3 Å². The summed E-state index contributed by atoms with van der Waals surface area (Å²) in [6.07, 6.45) is 1.45. The van der Waals surface area contributed by atoms with Crippen molar-refractivity contribution < 1.29 is 22.1 Å². The largest absolute Gasteiger partial charge is 0.269 e. The molecule has 9 heteroatoms. The number of hydrogen-bond donors (Lipinski definition) is 0. The van der Waals surface area contributed by atoms with E-state index < -0.39 is 31.6 Å². The minimum atomic E-state index is -4.03. The highest BCUT2D eigenvalue weighted by atomic mass is 35.5. The second-order valence-electron chi connectivity index (χ2n) is 7.33. The van der Waals surface area contributed by atoms with Gasteiger partial charge in [0.25, 0.3) is 5.69 Å². The number of hydrogen-bond acceptors (Lipinski definition) is 4. The van der Waals surface area contributed by atoms with Crippen molar-refractivity contribution in [2.24, 2.45) is 0 Å². The number of nitro groups is 1. The molecule has 0 spiro atoms. The minimum absolute atomic E-state index is 0.0208. The lowest BCUT2D eigenvalue weighted by Crippen LogP contribution is -2.16. The molecule has 0 heterocycles. The van der Waals surface area contributed by atoms with Crippen LogP contribution >= 0.6 is 11.6 Å². The van der Waals surface area contributed by atoms with Crippen molar-refractivity contribution in [2.45, 2.75) is 35.8 Å². The Hall–Kier alpha value is -2.84. The van der Waals surface area contributed by atoms with Crippen LogP contribution in [0.2, 0.25) is 5.02 Å². The van der Waals surface area contributed by atoms with Crippen LogP contribution in [0.4, 0.5) is 14.5 Å². The molecular formula is C23H20ClF2NO4S. The summed E-state index contributed by atoms with van der Waals surface area (Å²) in [7, 11) is -4.03. The van der Waals surface area contributed by atoms with Crippen molar-refractivity contribution in [1.82, 2.24) is 0 Å². The number of rotatable bonds is 9. The van der Waals surface area contributed by atoms with Crippen LogP contribution in [0.15, 0.2) is 71.6 Å². The second-order valence-corrected chi connectivity index (χ2v) is 9.89. The van der Waals surface area contributed by atoms with Crippen LogP contribution in [0.25, 0.3) is 0 Å². The van der Waals surface area contributed by atoms with E-state index in [1.165, 1.54) is 36.4 Å². The molecule has 0 aromatic heterocycles. The van der Waals surface area contributed by atoms with Gasteiger partial charge < -0.3 is 0 Å². The molecule has 0 fully saturated rings. The van der Waals surface area contributed by atoms with Crippen LogP contribution < -0.4 is 0 Å². The Kier molecular flexibility index (Phi) is 7.58. The summed E-state index contributed by atoms with van der Waals surface area (Å²) in [5, 5.41) is 9.99. The van der Waals surface area contributed by atoms with Crippen molar-refractivity contribution in [2.75, 3.05) is 0 Å². The van der Waals surface area contributed by atoms with Crippen molar-refractivity contribution in [3.63, 3.8) is 0 Å². The summed E-state index contributed by atoms with van der Waals surface area (Å²) in [5.74, 6) is -1.53. The van der Waals surface area contributed by atoms with Crippen LogP contribution in [0, 0.1) is 21.7 Å². The molecule has 0 aliphatic carbocycles. The SMILES string of the molecule is O=[N+]([O-])c1cccc(CCCCC(c2cc(F)ccc2F)S(=O)(=O)c2ccc(Cl)cc2)c1. The van der Waals surface area contributed by atoms with Gasteiger partial charge in [-0.2, -0.15) is 0 Å². The van der Waals surface area contributed by atoms with Crippen LogP contribution in [0.5, 0.6) is 0 Å². The van der Waals surface area contributed by atoms with Gasteiger partial charge in [-0.1, -0.05) is 30.2 Å². The third kappa shape index (κ3) is 5.69. The summed E-state index contributed by atoms with van der Waals surface area (Å²) in [6, 6.07) is 14.5. The van der Waals surface area contributed by atoms with Crippen molar-refractivity contribution in [3.05, 3.63) is 105 Å². The van der Waals surface area contributed by atoms with Gasteiger partial charge in [-0.3, -0.25) is 10.1 Å². The van der Waals surface area contributed by atoms with Gasteiger partial charge in [0.1, 0.15) is 11.6 Å². The average Bonchev–Trinajstić information content (AvgIpc) is 2.76. The normalized spacial score (nSPS) is 12.5. The van der Waals surface area contributed by atoms with Crippen LogP contribution in [-0.2, 0) is 16.3 Å². The molecule has 3 aromatic carbocycles. The first-order chi connectivity index (χ1) is 15.2. The maximum atomic E-state index is 14.5. The van der Waals surface area contributed by atoms with E-state index in [2.05, 4.69) is 0 Å². The number of nitrogens with zero attached hydrogens (tertiary/aromatic N) is 1. The molecule has 1 unspecified atom stereocenters. The molecule has 5 nitrogen and oxygen atoms in total. The molecule has 0 radical (unpaired) electrons. The molecule has 1 atom stereocenters. The van der Waals surface area contributed by atoms with Crippen LogP contribution in [0.3, 0.4) is 0 Å². The van der Waals surface area contributed by atoms with E-state index in [1.54, 1.807) is 12.1 Å². The van der Waals surface area contributed by atoms with E-state index in [-0.39, 0.29) is 22.6 Å². The fourth-order valence-corrected chi connectivity index (χ4v) is 5.47. The van der Waals surface area contributed by atoms with Gasteiger partial charge in [-0.25, -0.2) is 17.2 Å². The van der Waals surface area contributed by atoms with E-state index in [4.69, 9.17) is 11.6 Å². The quantitative estimate of drug-likeness (QED) is 0.200. The Balaban J connectivity index is 1.82. The van der Waals surface area contributed by atoms with Crippen LogP contribution in [0.1, 0.15) is 35.6 Å². The Morgan fingerprint density at radius 2 is 1.69 bits per heavy atom. The van der Waals surface area contributed by atoms with Gasteiger partial charge in [0, 0.05) is 22.7 Å². The second kappa shape index (κ2) is 10.2. The fourth-order valence-electron chi connectivity index (χ4n) is 3.51. The molecule has 3 rings (SSSR count). The molecule has 0 amide bonds. The highest BCUT2D eigenvalue weighted by Gasteiger charge is 2.31. The zero-order valence-corrected chi connectivity index (χ0v) is 18.5. The van der Waals surface area contributed by atoms with Gasteiger partial charge >= 0.3 is 0 Å². The monoisotopic (exact) mass is 479 g/mol. The molecule has 0 bridgehead atoms. The van der Waals surface area contributed by atoms with Gasteiger partial charge in [0.2, 0.25) is 0 Å². The third-order valence-corrected chi connectivity index (χ3v) is 7.54. The summed E-state index contributed by atoms with van der Waals surface area (Å²) in [4.78, 5) is 10.4. The number of non-ortho nitro benzene ring substituents is 1. The predicted molar refractivity (Wildman–Crippen MR) is 118 cm³/mol. The maximum absolute atomic E-state index is 14.5. The summed E-state index contributed by atoms with van der Waals surface area (Å²) < 4.78 is 54.9. The zero-order chi connectivity index (χ0) is 23.3. The standard InChI is InChI=1S/C23H20ClF2NO4S/c24-17-8-11-20(12-9-17)32(30,31)23(21-15-18(25)10-13-22(21)26)7-2-1-4-16-5-3-6-19(14-16)27(28)29/h3,5-6,8-15,23H,1-2,4,7H2. The zero-order valence-electron chi connectivity index (χ0n) is 16.9. The summed E-state index contributed by atoms with van der Waals surface area (Å²) >= 11 is 5.85. The van der Waals surface area contributed by atoms with E-state index in [0.29, 0.717) is 24.3 Å². The van der Waals surface area contributed by atoms with E-state index in [9.17, 15) is 27.3 Å². The number of nitro benzene ring substituents is 1. The fraction of sp³-hybridized carbons (Fsp3) is 0.217. The molecule has 0 saturated heterocycles. The smallest absolute Gasteiger partial charge is 0.258 e. The third-order valence-electron chi connectivity index (χ3n) is 5.12. The lowest BCUT2D eigenvalue weighted by Gasteiger charge is -2.19. The molecular weight excluding hydrogens is 460 g/mol. The van der Waals surface area contributed by atoms with Gasteiger partial charge in [-0.15, -0.1) is 0 Å². The Morgan fingerprint density at radius 3 is 2.38 bits per heavy atom. The molecule has 0 saturated carbocycles. The van der Waals surface area contributed by atoms with Gasteiger partial charge in [0.15, 0.2) is 9.84 Å². The van der Waals surface area contributed by atoms with Crippen LogP contribution in [-0.4, -0.2) is 13.3 Å². The topological polar surface area (TPSA) is 77.3 Å². The molecule has 3 aromatic rings. The first-order valence-electron chi connectivity index (χ1n) is 9.86. The number of aryl methyl sites for hydroxylation is 1. The van der Waals surface area contributed by atoms with E-state index >= 15 is 0 Å². The summed E-state index contributed by atoms with van der Waals surface area (Å²) in [6.45, 7) is 0. The molecule has 168 valence electrons. The van der Waals surface area contributed by atoms with Crippen molar-refractivity contribution >= 4 is 27.1 Å². The first-order valence-corrected chi connectivity index (χ1v) is 11.8. The van der Waals surface area contributed by atoms with Crippen molar-refractivity contribution in [3.8, 4) is 0 Å². The highest BCUT2D eigenvalue weighted by molar-refractivity contribution is 7.91. The number of sulfone groups is 1.